The maximum atomic E-state index is 13.3. The summed E-state index contributed by atoms with van der Waals surface area (Å²) in [5.41, 5.74) is 1.32. The summed E-state index contributed by atoms with van der Waals surface area (Å²) in [4.78, 5) is 27.9. The zero-order chi connectivity index (χ0) is 21.4. The average molecular weight is 434 g/mol. The van der Waals surface area contributed by atoms with Crippen molar-refractivity contribution in [3.05, 3.63) is 65.0 Å². The molecule has 1 fully saturated rings. The molecule has 1 aliphatic rings. The number of aromatic nitrogens is 4. The van der Waals surface area contributed by atoms with Crippen LogP contribution in [0.1, 0.15) is 19.8 Å². The van der Waals surface area contributed by atoms with E-state index in [4.69, 9.17) is 0 Å². The minimum atomic E-state index is -0.142. The number of hydrogen-bond acceptors (Lipinski definition) is 5. The summed E-state index contributed by atoms with van der Waals surface area (Å²) in [5.74, 6) is 1.54. The van der Waals surface area contributed by atoms with Gasteiger partial charge in [0, 0.05) is 13.1 Å². The van der Waals surface area contributed by atoms with Gasteiger partial charge in [0.15, 0.2) is 5.16 Å². The average Bonchev–Trinajstić information content (AvgIpc) is 3.22. The van der Waals surface area contributed by atoms with Crippen molar-refractivity contribution in [2.45, 2.75) is 24.9 Å². The first-order valence-corrected chi connectivity index (χ1v) is 11.5. The molecule has 8 heteroatoms. The predicted octanol–water partition coefficient (Wildman–Crippen LogP) is 3.38. The van der Waals surface area contributed by atoms with Crippen molar-refractivity contribution < 1.29 is 4.79 Å². The van der Waals surface area contributed by atoms with Crippen molar-refractivity contribution in [3.8, 4) is 5.69 Å². The maximum Gasteiger partial charge on any atom is 0.267 e. The van der Waals surface area contributed by atoms with Crippen molar-refractivity contribution in [2.24, 2.45) is 5.92 Å². The second-order valence-corrected chi connectivity index (χ2v) is 8.91. The fourth-order valence-corrected chi connectivity index (χ4v) is 4.90. The number of fused-ring (bicyclic) bond motifs is 3. The van der Waals surface area contributed by atoms with Crippen LogP contribution in [0.15, 0.2) is 64.5 Å². The summed E-state index contributed by atoms with van der Waals surface area (Å²) in [7, 11) is 0. The summed E-state index contributed by atoms with van der Waals surface area (Å²) >= 11 is 1.37. The largest absolute Gasteiger partial charge is 0.342 e. The van der Waals surface area contributed by atoms with Crippen LogP contribution in [0, 0.1) is 5.92 Å². The predicted molar refractivity (Wildman–Crippen MR) is 122 cm³/mol. The Hall–Kier alpha value is -3.13. The maximum absolute atomic E-state index is 13.3. The van der Waals surface area contributed by atoms with E-state index in [1.165, 1.54) is 11.8 Å². The summed E-state index contributed by atoms with van der Waals surface area (Å²) in [6.07, 6.45) is 2.11. The molecule has 0 atom stereocenters. The molecule has 31 heavy (non-hydrogen) atoms. The highest BCUT2D eigenvalue weighted by molar-refractivity contribution is 7.99. The molecule has 0 spiro atoms. The first-order valence-electron chi connectivity index (χ1n) is 10.5. The van der Waals surface area contributed by atoms with Crippen LogP contribution < -0.4 is 5.56 Å². The zero-order valence-electron chi connectivity index (χ0n) is 17.3. The zero-order valence-corrected chi connectivity index (χ0v) is 18.1. The molecule has 0 bridgehead atoms. The highest BCUT2D eigenvalue weighted by Gasteiger charge is 2.22. The van der Waals surface area contributed by atoms with Crippen LogP contribution in [-0.2, 0) is 4.79 Å². The molecule has 3 heterocycles. The van der Waals surface area contributed by atoms with Crippen LogP contribution in [0.4, 0.5) is 0 Å². The third-order valence-electron chi connectivity index (χ3n) is 5.87. The Bertz CT molecular complexity index is 1310. The SMILES string of the molecule is CC1CCN(C(=O)CSc2nnc3n(-c4ccccc4)c(=O)c4ccccc4n23)CC1. The fourth-order valence-electron chi connectivity index (χ4n) is 4.06. The molecule has 4 aromatic rings. The first-order chi connectivity index (χ1) is 15.1. The number of hydrogen-bond donors (Lipinski definition) is 0. The summed E-state index contributed by atoms with van der Waals surface area (Å²) < 4.78 is 3.45. The van der Waals surface area contributed by atoms with E-state index in [9.17, 15) is 9.59 Å². The third kappa shape index (κ3) is 3.61. The number of carbonyl (C=O) groups excluding carboxylic acids is 1. The van der Waals surface area contributed by atoms with Gasteiger partial charge in [0.2, 0.25) is 11.7 Å². The molecule has 7 nitrogen and oxygen atoms in total. The number of benzene rings is 2. The lowest BCUT2D eigenvalue weighted by atomic mass is 9.99. The molecule has 1 aliphatic heterocycles. The molecule has 0 unspecified atom stereocenters. The molecule has 0 N–H and O–H groups in total. The highest BCUT2D eigenvalue weighted by atomic mass is 32.2. The Morgan fingerprint density at radius 3 is 2.52 bits per heavy atom. The highest BCUT2D eigenvalue weighted by Crippen LogP contribution is 2.24. The topological polar surface area (TPSA) is 72.5 Å². The number of likely N-dealkylation sites (tertiary alicyclic amines) is 1. The quantitative estimate of drug-likeness (QED) is 0.462. The van der Waals surface area contributed by atoms with Crippen LogP contribution in [0.2, 0.25) is 0 Å². The fraction of sp³-hybridized carbons (Fsp3) is 0.304. The number of rotatable bonds is 4. The second-order valence-electron chi connectivity index (χ2n) is 7.96. The van der Waals surface area contributed by atoms with Crippen molar-refractivity contribution in [1.29, 1.82) is 0 Å². The van der Waals surface area contributed by atoms with Gasteiger partial charge in [-0.15, -0.1) is 10.2 Å². The number of nitrogens with zero attached hydrogens (tertiary/aromatic N) is 5. The molecule has 2 aromatic carbocycles. The van der Waals surface area contributed by atoms with Crippen LogP contribution in [0.3, 0.4) is 0 Å². The Kier molecular flexibility index (Phi) is 5.23. The van der Waals surface area contributed by atoms with Crippen molar-refractivity contribution >= 4 is 34.3 Å². The molecule has 0 saturated carbocycles. The molecule has 0 aliphatic carbocycles. The van der Waals surface area contributed by atoms with Gasteiger partial charge >= 0.3 is 0 Å². The van der Waals surface area contributed by atoms with E-state index in [0.29, 0.717) is 28.0 Å². The molecule has 0 radical (unpaired) electrons. The smallest absolute Gasteiger partial charge is 0.267 e. The number of piperidine rings is 1. The number of carbonyl (C=O) groups is 1. The van der Waals surface area contributed by atoms with Gasteiger partial charge < -0.3 is 4.90 Å². The molecule has 1 saturated heterocycles. The van der Waals surface area contributed by atoms with Crippen LogP contribution in [-0.4, -0.2) is 48.8 Å². The van der Waals surface area contributed by atoms with Gasteiger partial charge in [-0.05, 0) is 43.0 Å². The van der Waals surface area contributed by atoms with Gasteiger partial charge in [-0.2, -0.15) is 0 Å². The summed E-state index contributed by atoms with van der Waals surface area (Å²) in [6, 6.07) is 16.9. The van der Waals surface area contributed by atoms with E-state index in [1.807, 2.05) is 63.9 Å². The molecule has 1 amide bonds. The Balaban J connectivity index is 1.55. The number of amides is 1. The summed E-state index contributed by atoms with van der Waals surface area (Å²) in [5, 5.41) is 9.87. The van der Waals surface area contributed by atoms with Crippen LogP contribution in [0.5, 0.6) is 0 Å². The summed E-state index contributed by atoms with van der Waals surface area (Å²) in [6.45, 7) is 3.87. The van der Waals surface area contributed by atoms with Crippen molar-refractivity contribution in [3.63, 3.8) is 0 Å². The van der Waals surface area contributed by atoms with E-state index in [-0.39, 0.29) is 11.5 Å². The standard InChI is InChI=1S/C23H23N5O2S/c1-16-11-13-26(14-12-16)20(29)15-31-23-25-24-22-27(17-7-3-2-4-8-17)21(30)18-9-5-6-10-19(18)28(22)23/h2-10,16H,11-15H2,1H3. The molecule has 158 valence electrons. The monoisotopic (exact) mass is 433 g/mol. The third-order valence-corrected chi connectivity index (χ3v) is 6.78. The lowest BCUT2D eigenvalue weighted by Gasteiger charge is -2.30. The van der Waals surface area contributed by atoms with E-state index in [0.717, 1.165) is 37.1 Å². The molecule has 5 rings (SSSR count). The van der Waals surface area contributed by atoms with Gasteiger partial charge in [0.25, 0.3) is 5.56 Å². The van der Waals surface area contributed by atoms with E-state index < -0.39 is 0 Å². The van der Waals surface area contributed by atoms with Gasteiger partial charge in [-0.25, -0.2) is 4.57 Å². The van der Waals surface area contributed by atoms with E-state index in [1.54, 1.807) is 4.57 Å². The van der Waals surface area contributed by atoms with Crippen molar-refractivity contribution in [1.82, 2.24) is 24.1 Å². The van der Waals surface area contributed by atoms with Gasteiger partial charge in [-0.1, -0.05) is 49.0 Å². The molecular weight excluding hydrogens is 410 g/mol. The lowest BCUT2D eigenvalue weighted by Crippen LogP contribution is -2.38. The molecule has 2 aromatic heterocycles. The van der Waals surface area contributed by atoms with E-state index >= 15 is 0 Å². The lowest BCUT2D eigenvalue weighted by molar-refractivity contribution is -0.129. The Morgan fingerprint density at radius 1 is 1.03 bits per heavy atom. The van der Waals surface area contributed by atoms with Crippen molar-refractivity contribution in [2.75, 3.05) is 18.8 Å². The van der Waals surface area contributed by atoms with Crippen LogP contribution >= 0.6 is 11.8 Å². The Morgan fingerprint density at radius 2 is 1.74 bits per heavy atom. The van der Waals surface area contributed by atoms with Gasteiger partial charge in [0.1, 0.15) is 0 Å². The van der Waals surface area contributed by atoms with Gasteiger partial charge in [0.05, 0.1) is 22.3 Å². The number of para-hydroxylation sites is 2. The van der Waals surface area contributed by atoms with Gasteiger partial charge in [-0.3, -0.25) is 14.0 Å². The second kappa shape index (κ2) is 8.19. The van der Waals surface area contributed by atoms with Crippen LogP contribution in [0.25, 0.3) is 22.4 Å². The molecular formula is C23H23N5O2S. The minimum absolute atomic E-state index is 0.120. The van der Waals surface area contributed by atoms with E-state index in [2.05, 4.69) is 17.1 Å². The first kappa shape index (κ1) is 19.8. The minimum Gasteiger partial charge on any atom is -0.342 e. The Labute approximate surface area is 183 Å². The normalized spacial score (nSPS) is 15.1. The number of thioether (sulfide) groups is 1.